The van der Waals surface area contributed by atoms with Crippen LogP contribution < -0.4 is 9.47 Å². The molecule has 1 aliphatic rings. The van der Waals surface area contributed by atoms with E-state index in [0.29, 0.717) is 30.2 Å². The van der Waals surface area contributed by atoms with Crippen LogP contribution in [0.2, 0.25) is 0 Å². The highest BCUT2D eigenvalue weighted by molar-refractivity contribution is 5.95. The number of ether oxygens (including phenoxy) is 3. The second-order valence-corrected chi connectivity index (χ2v) is 6.45. The molecule has 2 rings (SSSR count). The summed E-state index contributed by atoms with van der Waals surface area (Å²) < 4.78 is 15.6. The fraction of sp³-hybridized carbons (Fsp3) is 0.600. The van der Waals surface area contributed by atoms with Crippen LogP contribution in [-0.4, -0.2) is 50.2 Å². The summed E-state index contributed by atoms with van der Waals surface area (Å²) >= 11 is 0. The number of amides is 1. The van der Waals surface area contributed by atoms with E-state index in [9.17, 15) is 9.59 Å². The van der Waals surface area contributed by atoms with E-state index in [-0.39, 0.29) is 24.3 Å². The first kappa shape index (κ1) is 20.1. The van der Waals surface area contributed by atoms with E-state index in [2.05, 4.69) is 0 Å². The first-order valence-electron chi connectivity index (χ1n) is 9.28. The summed E-state index contributed by atoms with van der Waals surface area (Å²) in [6, 6.07) is 5.32. The highest BCUT2D eigenvalue weighted by atomic mass is 16.5. The Hall–Kier alpha value is -2.24. The zero-order chi connectivity index (χ0) is 18.9. The Labute approximate surface area is 155 Å². The van der Waals surface area contributed by atoms with Gasteiger partial charge in [0.25, 0.3) is 5.91 Å². The van der Waals surface area contributed by atoms with Gasteiger partial charge in [-0.2, -0.15) is 0 Å². The van der Waals surface area contributed by atoms with Gasteiger partial charge in [0.1, 0.15) is 11.5 Å². The van der Waals surface area contributed by atoms with Gasteiger partial charge in [-0.15, -0.1) is 0 Å². The normalized spacial score (nSPS) is 14.6. The minimum Gasteiger partial charge on any atom is -0.497 e. The summed E-state index contributed by atoms with van der Waals surface area (Å²) in [5, 5.41) is 0. The Morgan fingerprint density at radius 1 is 1.04 bits per heavy atom. The average Bonchev–Trinajstić information content (AvgIpc) is 2.68. The summed E-state index contributed by atoms with van der Waals surface area (Å²) in [5.41, 5.74) is 0.510. The standard InChI is InChI=1S/C20H29NO5/c1-4-26-19(22)10-11-21(16-8-6-5-7-9-16)20(23)15-12-17(24-2)14-18(13-15)25-3/h12-14,16H,4-11H2,1-3H3. The van der Waals surface area contributed by atoms with Crippen molar-refractivity contribution in [2.45, 2.75) is 51.5 Å². The number of nitrogens with zero attached hydrogens (tertiary/aromatic N) is 1. The molecular formula is C20H29NO5. The lowest BCUT2D eigenvalue weighted by Gasteiger charge is -2.34. The van der Waals surface area contributed by atoms with Crippen LogP contribution in [0.1, 0.15) is 55.8 Å². The van der Waals surface area contributed by atoms with Crippen molar-refractivity contribution in [3.05, 3.63) is 23.8 Å². The molecule has 1 aromatic rings. The number of benzene rings is 1. The molecule has 0 radical (unpaired) electrons. The highest BCUT2D eigenvalue weighted by Gasteiger charge is 2.27. The van der Waals surface area contributed by atoms with E-state index in [4.69, 9.17) is 14.2 Å². The van der Waals surface area contributed by atoms with Crippen molar-refractivity contribution >= 4 is 11.9 Å². The zero-order valence-corrected chi connectivity index (χ0v) is 16.0. The fourth-order valence-corrected chi connectivity index (χ4v) is 3.38. The highest BCUT2D eigenvalue weighted by Crippen LogP contribution is 2.27. The van der Waals surface area contributed by atoms with Gasteiger partial charge in [-0.3, -0.25) is 9.59 Å². The molecule has 144 valence electrons. The van der Waals surface area contributed by atoms with Crippen LogP contribution in [0.15, 0.2) is 18.2 Å². The number of esters is 1. The second kappa shape index (κ2) is 10.0. The van der Waals surface area contributed by atoms with Crippen LogP contribution >= 0.6 is 0 Å². The average molecular weight is 363 g/mol. The number of rotatable bonds is 8. The van der Waals surface area contributed by atoms with E-state index in [1.165, 1.54) is 6.42 Å². The summed E-state index contributed by atoms with van der Waals surface area (Å²) in [7, 11) is 3.12. The largest absolute Gasteiger partial charge is 0.497 e. The molecule has 0 aliphatic heterocycles. The molecule has 1 fully saturated rings. The molecule has 0 aromatic heterocycles. The van der Waals surface area contributed by atoms with Gasteiger partial charge < -0.3 is 19.1 Å². The van der Waals surface area contributed by atoms with Crippen LogP contribution in [0.25, 0.3) is 0 Å². The third-order valence-corrected chi connectivity index (χ3v) is 4.74. The SMILES string of the molecule is CCOC(=O)CCN(C(=O)c1cc(OC)cc(OC)c1)C1CCCCC1. The van der Waals surface area contributed by atoms with Crippen molar-refractivity contribution in [1.82, 2.24) is 4.90 Å². The second-order valence-electron chi connectivity index (χ2n) is 6.45. The Balaban J connectivity index is 2.22. The lowest BCUT2D eigenvalue weighted by molar-refractivity contribution is -0.143. The molecule has 0 saturated heterocycles. The molecule has 0 atom stereocenters. The molecule has 1 aliphatic carbocycles. The number of hydrogen-bond donors (Lipinski definition) is 0. The quantitative estimate of drug-likeness (QED) is 0.662. The van der Waals surface area contributed by atoms with E-state index in [0.717, 1.165) is 25.7 Å². The maximum atomic E-state index is 13.2. The predicted octanol–water partition coefficient (Wildman–Crippen LogP) is 3.43. The van der Waals surface area contributed by atoms with Gasteiger partial charge in [0.05, 0.1) is 27.2 Å². The molecule has 0 unspecified atom stereocenters. The molecule has 1 saturated carbocycles. The molecular weight excluding hydrogens is 334 g/mol. The fourth-order valence-electron chi connectivity index (χ4n) is 3.38. The van der Waals surface area contributed by atoms with Crippen LogP contribution in [0.3, 0.4) is 0 Å². The number of carbonyl (C=O) groups excluding carboxylic acids is 2. The van der Waals surface area contributed by atoms with E-state index < -0.39 is 0 Å². The van der Waals surface area contributed by atoms with E-state index in [1.54, 1.807) is 39.3 Å². The third kappa shape index (κ3) is 5.38. The lowest BCUT2D eigenvalue weighted by Crippen LogP contribution is -2.42. The molecule has 6 heteroatoms. The predicted molar refractivity (Wildman–Crippen MR) is 98.7 cm³/mol. The van der Waals surface area contributed by atoms with Crippen molar-refractivity contribution in [2.75, 3.05) is 27.4 Å². The lowest BCUT2D eigenvalue weighted by atomic mass is 9.93. The topological polar surface area (TPSA) is 65.1 Å². The van der Waals surface area contributed by atoms with Gasteiger partial charge in [-0.05, 0) is 31.9 Å². The number of methoxy groups -OCH3 is 2. The molecule has 0 bridgehead atoms. The zero-order valence-electron chi connectivity index (χ0n) is 16.0. The minimum atomic E-state index is -0.274. The van der Waals surface area contributed by atoms with Crippen LogP contribution in [-0.2, 0) is 9.53 Å². The van der Waals surface area contributed by atoms with E-state index in [1.807, 2.05) is 4.90 Å². The van der Waals surface area contributed by atoms with Gasteiger partial charge >= 0.3 is 5.97 Å². The van der Waals surface area contributed by atoms with Crippen LogP contribution in [0, 0.1) is 0 Å². The van der Waals surface area contributed by atoms with Crippen molar-refractivity contribution in [3.8, 4) is 11.5 Å². The summed E-state index contributed by atoms with van der Waals surface area (Å²) in [6.45, 7) is 2.50. The summed E-state index contributed by atoms with van der Waals surface area (Å²) in [6.07, 6.45) is 5.55. The van der Waals surface area contributed by atoms with Crippen LogP contribution in [0.5, 0.6) is 11.5 Å². The maximum Gasteiger partial charge on any atom is 0.307 e. The number of carbonyl (C=O) groups is 2. The van der Waals surface area contributed by atoms with Crippen molar-refractivity contribution < 1.29 is 23.8 Å². The molecule has 26 heavy (non-hydrogen) atoms. The molecule has 0 N–H and O–H groups in total. The number of hydrogen-bond acceptors (Lipinski definition) is 5. The van der Waals surface area contributed by atoms with Gasteiger partial charge in [0.2, 0.25) is 0 Å². The monoisotopic (exact) mass is 363 g/mol. The summed E-state index contributed by atoms with van der Waals surface area (Å²) in [4.78, 5) is 26.8. The molecule has 0 spiro atoms. The Kier molecular flexibility index (Phi) is 7.75. The minimum absolute atomic E-state index is 0.0987. The van der Waals surface area contributed by atoms with Gasteiger partial charge in [-0.25, -0.2) is 0 Å². The summed E-state index contributed by atoms with van der Waals surface area (Å²) in [5.74, 6) is 0.770. The Bertz CT molecular complexity index is 588. The smallest absolute Gasteiger partial charge is 0.307 e. The first-order chi connectivity index (χ1) is 12.6. The van der Waals surface area contributed by atoms with Crippen molar-refractivity contribution in [1.29, 1.82) is 0 Å². The van der Waals surface area contributed by atoms with Gasteiger partial charge in [-0.1, -0.05) is 19.3 Å². The van der Waals surface area contributed by atoms with Crippen molar-refractivity contribution in [2.24, 2.45) is 0 Å². The first-order valence-corrected chi connectivity index (χ1v) is 9.28. The maximum absolute atomic E-state index is 13.2. The molecule has 1 aromatic carbocycles. The Morgan fingerprint density at radius 2 is 1.65 bits per heavy atom. The van der Waals surface area contributed by atoms with Gasteiger partial charge in [0, 0.05) is 24.2 Å². The van der Waals surface area contributed by atoms with Crippen LogP contribution in [0.4, 0.5) is 0 Å². The third-order valence-electron chi connectivity index (χ3n) is 4.74. The van der Waals surface area contributed by atoms with Gasteiger partial charge in [0.15, 0.2) is 0 Å². The van der Waals surface area contributed by atoms with E-state index >= 15 is 0 Å². The Morgan fingerprint density at radius 3 is 2.19 bits per heavy atom. The molecule has 1 amide bonds. The molecule has 6 nitrogen and oxygen atoms in total. The molecule has 0 heterocycles. The van der Waals surface area contributed by atoms with Crippen molar-refractivity contribution in [3.63, 3.8) is 0 Å².